The monoisotopic (exact) mass is 447 g/mol. The average molecular weight is 447 g/mol. The Morgan fingerprint density at radius 1 is 1.16 bits per heavy atom. The van der Waals surface area contributed by atoms with Crippen LogP contribution in [0.3, 0.4) is 0 Å². The van der Waals surface area contributed by atoms with Gasteiger partial charge in [-0.15, -0.1) is 0 Å². The van der Waals surface area contributed by atoms with E-state index >= 15 is 0 Å². The van der Waals surface area contributed by atoms with Crippen molar-refractivity contribution in [3.63, 3.8) is 0 Å². The normalized spacial score (nSPS) is 12.3. The molecular weight excluding hydrogens is 427 g/mol. The average Bonchev–Trinajstić information content (AvgIpc) is 3.21. The van der Waals surface area contributed by atoms with Gasteiger partial charge >= 0.3 is 158 Å². The maximum absolute atomic E-state index is 11.8. The van der Waals surface area contributed by atoms with Crippen molar-refractivity contribution in [2.75, 3.05) is 4.93 Å². The zero-order valence-electron chi connectivity index (χ0n) is 14.5. The third kappa shape index (κ3) is 3.78. The third-order valence-corrected chi connectivity index (χ3v) is 6.00. The molecule has 0 fully saturated rings. The molecule has 0 aliphatic carbocycles. The van der Waals surface area contributed by atoms with Crippen molar-refractivity contribution in [1.29, 1.82) is 0 Å². The summed E-state index contributed by atoms with van der Waals surface area (Å²) in [6.45, 7) is 4.37. The summed E-state index contributed by atoms with van der Waals surface area (Å²) in [5, 5.41) is 14.5. The van der Waals surface area contributed by atoms with E-state index in [-0.39, 0.29) is 3.79 Å². The number of nitrogens with zero attached hydrogens (tertiary/aromatic N) is 3. The second-order valence-corrected chi connectivity index (χ2v) is 7.95. The van der Waals surface area contributed by atoms with Gasteiger partial charge in [-0.2, -0.15) is 0 Å². The zero-order valence-corrected chi connectivity index (χ0v) is 16.6. The van der Waals surface area contributed by atoms with Crippen molar-refractivity contribution in [2.45, 2.75) is 26.2 Å². The van der Waals surface area contributed by atoms with Gasteiger partial charge in [0.15, 0.2) is 0 Å². The van der Waals surface area contributed by atoms with Crippen molar-refractivity contribution in [2.24, 2.45) is 0 Å². The van der Waals surface area contributed by atoms with E-state index in [4.69, 9.17) is 0 Å². The van der Waals surface area contributed by atoms with Crippen LogP contribution in [0.4, 0.5) is 0 Å². The van der Waals surface area contributed by atoms with Crippen LogP contribution in [0, 0.1) is 0 Å². The third-order valence-electron chi connectivity index (χ3n) is 4.40. The number of aromatic amines is 1. The van der Waals surface area contributed by atoms with Gasteiger partial charge in [-0.3, -0.25) is 0 Å². The van der Waals surface area contributed by atoms with E-state index in [1.165, 1.54) is 5.56 Å². The number of hydrogen-bond donors (Lipinski definition) is 1. The van der Waals surface area contributed by atoms with Crippen LogP contribution in [0.25, 0.3) is 22.5 Å². The molecule has 5 nitrogen and oxygen atoms in total. The van der Waals surface area contributed by atoms with Crippen molar-refractivity contribution >= 4 is 3.79 Å². The number of H-pyrrole nitrogens is 1. The van der Waals surface area contributed by atoms with E-state index in [9.17, 15) is 4.79 Å². The Bertz CT molecular complexity index is 860. The number of rotatable bonds is 6. The number of halogens is 1. The first-order valence-corrected chi connectivity index (χ1v) is 11.4. The van der Waals surface area contributed by atoms with Gasteiger partial charge in [0.2, 0.25) is 0 Å². The molecule has 0 saturated heterocycles. The molecule has 1 heterocycles. The molecule has 130 valence electrons. The Balaban J connectivity index is 2.03. The first-order valence-electron chi connectivity index (χ1n) is 8.16. The van der Waals surface area contributed by atoms with E-state index in [2.05, 4.69) is 52.7 Å². The van der Waals surface area contributed by atoms with Crippen molar-refractivity contribution < 1.29 is 26.0 Å². The molecule has 3 aromatic rings. The Kier molecular flexibility index (Phi) is 5.57. The van der Waals surface area contributed by atoms with Crippen LogP contribution in [0.5, 0.6) is 0 Å². The predicted molar refractivity (Wildman–Crippen MR) is 94.0 cm³/mol. The Morgan fingerprint density at radius 3 is 2.48 bits per heavy atom. The molecule has 25 heavy (non-hydrogen) atoms. The summed E-state index contributed by atoms with van der Waals surface area (Å²) in [6, 6.07) is 14.2. The van der Waals surface area contributed by atoms with Crippen molar-refractivity contribution in [3.05, 3.63) is 53.6 Å². The molecule has 0 amide bonds. The fourth-order valence-electron chi connectivity index (χ4n) is 2.76. The van der Waals surface area contributed by atoms with Crippen LogP contribution >= 0.6 is 0 Å². The molecule has 3 rings (SSSR count). The molecule has 6 heteroatoms. The number of alkyl halides is 1. The zero-order chi connectivity index (χ0) is 17.8. The number of carbonyl (C=O) groups is 1. The topological polar surface area (TPSA) is 71.5 Å². The Morgan fingerprint density at radius 2 is 1.88 bits per heavy atom. The Hall–Kier alpha value is -2.09. The summed E-state index contributed by atoms with van der Waals surface area (Å²) >= 11 is -0.410. The van der Waals surface area contributed by atoms with Gasteiger partial charge < -0.3 is 0 Å². The van der Waals surface area contributed by atoms with Crippen LogP contribution in [0.1, 0.15) is 42.1 Å². The van der Waals surface area contributed by atoms with Crippen LogP contribution in [0.15, 0.2) is 42.5 Å². The van der Waals surface area contributed by atoms with E-state index in [1.807, 2.05) is 29.2 Å². The number of hydrogen-bond acceptors (Lipinski definition) is 4. The van der Waals surface area contributed by atoms with E-state index in [0.717, 1.165) is 28.7 Å². The molecule has 0 aliphatic heterocycles. The SMILES string of the molecule is CC[C@@H](C)c1ccc(-c2ccc(C(=O)[I-]C)cc2)cc1-c1nn[nH]n1. The van der Waals surface area contributed by atoms with Gasteiger partial charge in [0.1, 0.15) is 0 Å². The van der Waals surface area contributed by atoms with E-state index < -0.39 is 21.2 Å². The standard InChI is InChI=1S/C19H20IN4O/c1-4-12(2)16-10-9-15(11-17(16)19-21-23-24-22-19)13-5-7-14(8-6-13)18(25)20-3/h5-12H,4H2,1-3H3,(H,21,22,23,24)/q-1/t12-/m1/s1. The number of nitrogens with one attached hydrogen (secondary N) is 1. The van der Waals surface area contributed by atoms with Gasteiger partial charge in [0, 0.05) is 0 Å². The molecule has 0 bridgehead atoms. The summed E-state index contributed by atoms with van der Waals surface area (Å²) in [4.78, 5) is 13.8. The van der Waals surface area contributed by atoms with Crippen LogP contribution in [-0.4, -0.2) is 29.3 Å². The summed E-state index contributed by atoms with van der Waals surface area (Å²) in [6.07, 6.45) is 1.04. The first kappa shape index (κ1) is 17.7. The fourth-order valence-corrected chi connectivity index (χ4v) is 3.74. The molecule has 0 spiro atoms. The van der Waals surface area contributed by atoms with Crippen LogP contribution in [-0.2, 0) is 0 Å². The molecule has 0 radical (unpaired) electrons. The minimum absolute atomic E-state index is 0.268. The van der Waals surface area contributed by atoms with Gasteiger partial charge in [0.25, 0.3) is 0 Å². The molecule has 1 aromatic heterocycles. The number of carbonyl (C=O) groups excluding carboxylic acids is 1. The van der Waals surface area contributed by atoms with Crippen molar-refractivity contribution in [3.8, 4) is 22.5 Å². The quantitative estimate of drug-likeness (QED) is 0.347. The summed E-state index contributed by atoms with van der Waals surface area (Å²) < 4.78 is 0.268. The van der Waals surface area contributed by atoms with Gasteiger partial charge in [-0.1, -0.05) is 0 Å². The van der Waals surface area contributed by atoms with Crippen molar-refractivity contribution in [1.82, 2.24) is 20.6 Å². The van der Waals surface area contributed by atoms with Gasteiger partial charge in [0.05, 0.1) is 0 Å². The molecule has 1 atom stereocenters. The number of benzene rings is 2. The summed E-state index contributed by atoms with van der Waals surface area (Å²) in [5.41, 5.74) is 5.17. The Labute approximate surface area is 157 Å². The molecule has 0 saturated carbocycles. The van der Waals surface area contributed by atoms with E-state index in [1.54, 1.807) is 0 Å². The minimum atomic E-state index is -0.410. The van der Waals surface area contributed by atoms with Gasteiger partial charge in [-0.05, 0) is 0 Å². The molecule has 2 aromatic carbocycles. The van der Waals surface area contributed by atoms with Crippen LogP contribution in [0.2, 0.25) is 0 Å². The van der Waals surface area contributed by atoms with E-state index in [0.29, 0.717) is 11.7 Å². The second-order valence-electron chi connectivity index (χ2n) is 5.89. The first-order chi connectivity index (χ1) is 12.1. The molecule has 0 unspecified atom stereocenters. The number of tetrazole rings is 1. The second kappa shape index (κ2) is 7.86. The fraction of sp³-hybridized carbons (Fsp3) is 0.263. The molecule has 1 N–H and O–H groups in total. The van der Waals surface area contributed by atoms with Gasteiger partial charge in [-0.25, -0.2) is 0 Å². The summed E-state index contributed by atoms with van der Waals surface area (Å²) in [7, 11) is 0. The molecular formula is C19H20IN4O-. The predicted octanol–water partition coefficient (Wildman–Crippen LogP) is 0.906. The number of aromatic nitrogens is 4. The van der Waals surface area contributed by atoms with Crippen LogP contribution < -0.4 is 21.2 Å². The summed E-state index contributed by atoms with van der Waals surface area (Å²) in [5.74, 6) is 1.02. The molecule has 0 aliphatic rings. The maximum atomic E-state index is 11.8.